The van der Waals surface area contributed by atoms with E-state index in [0.717, 1.165) is 0 Å². The van der Waals surface area contributed by atoms with Crippen LogP contribution >= 0.6 is 15.9 Å². The standard InChI is InChI=1S/C9H11BrN2O/c10-9-6-11-8(5-12-9)7-1-3-13-4-2-7/h5-7H,1-4H2/i1D2,2D2,7D. The number of halogens is 1. The number of nitrogens with zero attached hydrogens (tertiary/aromatic N) is 2. The Balaban J connectivity index is 2.56. The molecule has 0 aliphatic carbocycles. The van der Waals surface area contributed by atoms with Crippen LogP contribution in [0.4, 0.5) is 0 Å². The molecule has 0 aromatic carbocycles. The molecule has 2 rings (SSSR count). The quantitative estimate of drug-likeness (QED) is 0.763. The molecule has 1 aliphatic rings. The van der Waals surface area contributed by atoms with Crippen molar-refractivity contribution in [3.05, 3.63) is 22.7 Å². The minimum Gasteiger partial charge on any atom is -0.381 e. The molecule has 0 radical (unpaired) electrons. The molecule has 0 N–H and O–H groups in total. The highest BCUT2D eigenvalue weighted by atomic mass is 79.9. The summed E-state index contributed by atoms with van der Waals surface area (Å²) in [5.41, 5.74) is -0.0380. The van der Waals surface area contributed by atoms with Crippen LogP contribution in [0.15, 0.2) is 17.0 Å². The molecular weight excluding hydrogens is 232 g/mol. The van der Waals surface area contributed by atoms with Crippen molar-refractivity contribution in [2.75, 3.05) is 13.2 Å². The fraction of sp³-hybridized carbons (Fsp3) is 0.556. The first kappa shape index (κ1) is 4.84. The summed E-state index contributed by atoms with van der Waals surface area (Å²) >= 11 is 3.10. The van der Waals surface area contributed by atoms with Crippen LogP contribution in [0.3, 0.4) is 0 Å². The fourth-order valence-corrected chi connectivity index (χ4v) is 1.19. The summed E-state index contributed by atoms with van der Waals surface area (Å²) in [6, 6.07) is 0. The molecule has 0 spiro atoms. The number of aromatic nitrogens is 2. The summed E-state index contributed by atoms with van der Waals surface area (Å²) in [5.74, 6) is -2.15. The van der Waals surface area contributed by atoms with E-state index in [1.54, 1.807) is 0 Å². The Morgan fingerprint density at radius 1 is 1.46 bits per heavy atom. The van der Waals surface area contributed by atoms with Gasteiger partial charge in [0.1, 0.15) is 4.60 Å². The van der Waals surface area contributed by atoms with Gasteiger partial charge in [-0.1, -0.05) is 0 Å². The van der Waals surface area contributed by atoms with Crippen molar-refractivity contribution >= 4 is 15.9 Å². The van der Waals surface area contributed by atoms with E-state index >= 15 is 0 Å². The van der Waals surface area contributed by atoms with Crippen molar-refractivity contribution in [2.24, 2.45) is 0 Å². The predicted molar refractivity (Wildman–Crippen MR) is 52.5 cm³/mol. The van der Waals surface area contributed by atoms with Crippen LogP contribution in [0.1, 0.15) is 31.2 Å². The molecule has 1 saturated heterocycles. The Bertz CT molecular complexity index is 437. The van der Waals surface area contributed by atoms with E-state index in [2.05, 4.69) is 25.9 Å². The summed E-state index contributed by atoms with van der Waals surface area (Å²) in [6.07, 6.45) is -1.82. The van der Waals surface area contributed by atoms with E-state index in [4.69, 9.17) is 11.6 Å². The van der Waals surface area contributed by atoms with Crippen molar-refractivity contribution in [3.8, 4) is 0 Å². The van der Waals surface area contributed by atoms with Crippen LogP contribution in [0, 0.1) is 0 Å². The van der Waals surface area contributed by atoms with Gasteiger partial charge in [-0.3, -0.25) is 4.98 Å². The zero-order valence-electron chi connectivity index (χ0n) is 11.7. The van der Waals surface area contributed by atoms with Gasteiger partial charge in [0.25, 0.3) is 0 Å². The maximum Gasteiger partial charge on any atom is 0.124 e. The third-order valence-corrected chi connectivity index (χ3v) is 1.99. The van der Waals surface area contributed by atoms with Gasteiger partial charge in [-0.15, -0.1) is 0 Å². The minimum atomic E-state index is -2.18. The van der Waals surface area contributed by atoms with Crippen LogP contribution < -0.4 is 0 Å². The molecule has 1 aliphatic heterocycles. The molecule has 13 heavy (non-hydrogen) atoms. The molecule has 70 valence electrons. The summed E-state index contributed by atoms with van der Waals surface area (Å²) in [4.78, 5) is 7.82. The smallest absolute Gasteiger partial charge is 0.124 e. The lowest BCUT2D eigenvalue weighted by atomic mass is 9.97. The number of hydrogen-bond donors (Lipinski definition) is 0. The lowest BCUT2D eigenvalue weighted by Crippen LogP contribution is -2.15. The molecule has 4 heteroatoms. The van der Waals surface area contributed by atoms with Gasteiger partial charge in [-0.2, -0.15) is 0 Å². The lowest BCUT2D eigenvalue weighted by Gasteiger charge is -2.20. The first-order chi connectivity index (χ1) is 8.21. The van der Waals surface area contributed by atoms with Gasteiger partial charge in [0, 0.05) is 26.0 Å². The fourth-order valence-electron chi connectivity index (χ4n) is 0.982. The van der Waals surface area contributed by atoms with Crippen molar-refractivity contribution in [3.63, 3.8) is 0 Å². The molecule has 1 aromatic rings. The third kappa shape index (κ3) is 2.25. The van der Waals surface area contributed by atoms with Crippen molar-refractivity contribution in [1.29, 1.82) is 0 Å². The largest absolute Gasteiger partial charge is 0.381 e. The van der Waals surface area contributed by atoms with Crippen LogP contribution in [0.25, 0.3) is 0 Å². The average molecular weight is 248 g/mol. The van der Waals surface area contributed by atoms with E-state index < -0.39 is 18.6 Å². The minimum absolute atomic E-state index is 0.0380. The average Bonchev–Trinajstić information content (AvgIpc) is 2.26. The Kier molecular flexibility index (Phi) is 1.55. The highest BCUT2D eigenvalue weighted by Crippen LogP contribution is 2.24. The molecule has 0 unspecified atom stereocenters. The zero-order chi connectivity index (χ0) is 13.6. The number of ether oxygens (including phenoxy) is 1. The summed E-state index contributed by atoms with van der Waals surface area (Å²) in [5, 5.41) is 0. The normalized spacial score (nSPS) is 34.7. The highest BCUT2D eigenvalue weighted by molar-refractivity contribution is 9.10. The molecule has 0 saturated carbocycles. The number of hydrogen-bond acceptors (Lipinski definition) is 3. The molecule has 0 atom stereocenters. The van der Waals surface area contributed by atoms with Crippen LogP contribution in [0.2, 0.25) is 0 Å². The lowest BCUT2D eigenvalue weighted by molar-refractivity contribution is 0.0844. The van der Waals surface area contributed by atoms with E-state index in [1.807, 2.05) is 0 Å². The monoisotopic (exact) mass is 247 g/mol. The van der Waals surface area contributed by atoms with Crippen molar-refractivity contribution < 1.29 is 11.6 Å². The second-order valence-electron chi connectivity index (χ2n) is 2.45. The molecule has 2 heterocycles. The predicted octanol–water partition coefficient (Wildman–Crippen LogP) is 2.13. The summed E-state index contributed by atoms with van der Waals surface area (Å²) < 4.78 is 45.1. The maximum atomic E-state index is 8.29. The van der Waals surface area contributed by atoms with Crippen molar-refractivity contribution in [2.45, 2.75) is 18.6 Å². The van der Waals surface area contributed by atoms with Gasteiger partial charge in [0.05, 0.1) is 18.1 Å². The second-order valence-corrected chi connectivity index (χ2v) is 3.26. The maximum absolute atomic E-state index is 8.29. The second kappa shape index (κ2) is 4.15. The summed E-state index contributed by atoms with van der Waals surface area (Å²) in [6.45, 7) is -0.679. The molecule has 0 bridgehead atoms. The van der Waals surface area contributed by atoms with E-state index in [9.17, 15) is 0 Å². The van der Waals surface area contributed by atoms with Gasteiger partial charge < -0.3 is 4.74 Å². The topological polar surface area (TPSA) is 35.0 Å². The zero-order valence-corrected chi connectivity index (χ0v) is 8.34. The molecule has 1 fully saturated rings. The van der Waals surface area contributed by atoms with Crippen LogP contribution in [-0.4, -0.2) is 23.2 Å². The van der Waals surface area contributed by atoms with Gasteiger partial charge in [-0.05, 0) is 28.7 Å². The van der Waals surface area contributed by atoms with E-state index in [1.165, 1.54) is 12.4 Å². The molecular formula is C9H11BrN2O. The SMILES string of the molecule is [2H]C1([2H])COCC([2H])([2H])C1([2H])c1cnc(Br)cn1. The first-order valence-electron chi connectivity index (χ1n) is 6.26. The van der Waals surface area contributed by atoms with Gasteiger partial charge >= 0.3 is 0 Å². The Labute approximate surface area is 92.7 Å². The molecule has 3 nitrogen and oxygen atoms in total. The Morgan fingerprint density at radius 2 is 2.23 bits per heavy atom. The van der Waals surface area contributed by atoms with Crippen LogP contribution in [-0.2, 0) is 4.74 Å². The van der Waals surface area contributed by atoms with Gasteiger partial charge in [0.15, 0.2) is 0 Å². The highest BCUT2D eigenvalue weighted by Gasteiger charge is 2.16. The van der Waals surface area contributed by atoms with Gasteiger partial charge in [0.2, 0.25) is 0 Å². The number of rotatable bonds is 1. The van der Waals surface area contributed by atoms with Crippen molar-refractivity contribution in [1.82, 2.24) is 9.97 Å². The summed E-state index contributed by atoms with van der Waals surface area (Å²) in [7, 11) is 0. The Hall–Kier alpha value is -0.480. The van der Waals surface area contributed by atoms with Gasteiger partial charge in [-0.25, -0.2) is 4.98 Å². The van der Waals surface area contributed by atoms with E-state index in [-0.39, 0.29) is 18.9 Å². The van der Waals surface area contributed by atoms with E-state index in [0.29, 0.717) is 4.60 Å². The first-order valence-corrected chi connectivity index (χ1v) is 4.56. The molecule has 1 aromatic heterocycles. The Morgan fingerprint density at radius 3 is 2.85 bits per heavy atom. The third-order valence-electron chi connectivity index (χ3n) is 1.58. The van der Waals surface area contributed by atoms with Crippen LogP contribution in [0.5, 0.6) is 0 Å². The molecule has 0 amide bonds.